The SMILES string of the molecule is CCN1C(=C/C=C2/SC(=S)N(CC=O)C2=O)Sc2ccccc21. The maximum absolute atomic E-state index is 12.2. The van der Waals surface area contributed by atoms with Crippen molar-refractivity contribution in [2.24, 2.45) is 0 Å². The highest BCUT2D eigenvalue weighted by Gasteiger charge is 2.31. The van der Waals surface area contributed by atoms with Crippen molar-refractivity contribution >= 4 is 57.9 Å². The van der Waals surface area contributed by atoms with Crippen molar-refractivity contribution in [1.82, 2.24) is 4.90 Å². The molecule has 0 saturated carbocycles. The minimum absolute atomic E-state index is 0.0137. The van der Waals surface area contributed by atoms with Crippen LogP contribution in [0.2, 0.25) is 0 Å². The van der Waals surface area contributed by atoms with Crippen molar-refractivity contribution < 1.29 is 9.59 Å². The van der Waals surface area contributed by atoms with Gasteiger partial charge in [0.05, 0.1) is 22.2 Å². The zero-order valence-corrected chi connectivity index (χ0v) is 14.8. The number of aldehydes is 1. The van der Waals surface area contributed by atoms with Gasteiger partial charge in [-0.25, -0.2) is 0 Å². The minimum Gasteiger partial charge on any atom is -0.335 e. The average molecular weight is 363 g/mol. The van der Waals surface area contributed by atoms with Gasteiger partial charge in [-0.2, -0.15) is 0 Å². The fraction of sp³-hybridized carbons (Fsp3) is 0.188. The van der Waals surface area contributed by atoms with Crippen LogP contribution < -0.4 is 4.90 Å². The first-order valence-corrected chi connectivity index (χ1v) is 9.13. The number of benzene rings is 1. The normalized spacial score (nSPS) is 20.7. The summed E-state index contributed by atoms with van der Waals surface area (Å²) in [5, 5.41) is 1.08. The summed E-state index contributed by atoms with van der Waals surface area (Å²) in [6.07, 6.45) is 4.43. The number of hydrogen-bond acceptors (Lipinski definition) is 6. The van der Waals surface area contributed by atoms with E-state index in [9.17, 15) is 9.59 Å². The third kappa shape index (κ3) is 3.08. The van der Waals surface area contributed by atoms with Gasteiger partial charge in [-0.15, -0.1) is 0 Å². The fourth-order valence-corrected chi connectivity index (χ4v) is 4.74. The van der Waals surface area contributed by atoms with Crippen molar-refractivity contribution in [2.45, 2.75) is 11.8 Å². The Morgan fingerprint density at radius 3 is 2.70 bits per heavy atom. The van der Waals surface area contributed by atoms with Crippen LogP contribution in [0.3, 0.4) is 0 Å². The van der Waals surface area contributed by atoms with E-state index in [0.717, 1.165) is 11.6 Å². The summed E-state index contributed by atoms with van der Waals surface area (Å²) < 4.78 is 0.432. The first-order chi connectivity index (χ1) is 11.2. The molecule has 0 N–H and O–H groups in total. The molecule has 0 spiro atoms. The Labute approximate surface area is 148 Å². The lowest BCUT2D eigenvalue weighted by Gasteiger charge is -2.17. The summed E-state index contributed by atoms with van der Waals surface area (Å²) in [4.78, 5) is 28.1. The number of rotatable bonds is 4. The lowest BCUT2D eigenvalue weighted by atomic mass is 10.3. The second kappa shape index (κ2) is 6.90. The molecule has 2 aliphatic rings. The van der Waals surface area contributed by atoms with Crippen molar-refractivity contribution in [3.63, 3.8) is 0 Å². The van der Waals surface area contributed by atoms with Crippen LogP contribution in [0.4, 0.5) is 5.69 Å². The van der Waals surface area contributed by atoms with Crippen LogP contribution in [0, 0.1) is 0 Å². The monoisotopic (exact) mass is 362 g/mol. The summed E-state index contributed by atoms with van der Waals surface area (Å²) >= 11 is 8.06. The average Bonchev–Trinajstić information content (AvgIpc) is 3.04. The molecule has 1 aromatic carbocycles. The highest BCUT2D eigenvalue weighted by Crippen LogP contribution is 2.45. The second-order valence-corrected chi connectivity index (χ2v) is 7.54. The second-order valence-electron chi connectivity index (χ2n) is 4.80. The van der Waals surface area contributed by atoms with E-state index < -0.39 is 0 Å². The Morgan fingerprint density at radius 2 is 1.96 bits per heavy atom. The van der Waals surface area contributed by atoms with Gasteiger partial charge in [0.2, 0.25) is 0 Å². The third-order valence-electron chi connectivity index (χ3n) is 3.46. The van der Waals surface area contributed by atoms with Crippen LogP contribution >= 0.6 is 35.7 Å². The Bertz CT molecular complexity index is 743. The van der Waals surface area contributed by atoms with E-state index in [0.29, 0.717) is 15.5 Å². The standard InChI is InChI=1S/C16H14N2O2S3/c1-2-17-11-5-3-4-6-12(11)22-14(17)8-7-13-15(20)18(9-10-19)16(21)23-13/h3-8,10H,2,9H2,1H3/b13-7+,14-8?. The van der Waals surface area contributed by atoms with E-state index in [4.69, 9.17) is 12.2 Å². The molecule has 0 unspecified atom stereocenters. The third-order valence-corrected chi connectivity index (χ3v) is 5.99. The van der Waals surface area contributed by atoms with Crippen LogP contribution in [0.5, 0.6) is 0 Å². The minimum atomic E-state index is -0.201. The van der Waals surface area contributed by atoms with E-state index in [-0.39, 0.29) is 12.5 Å². The molecular weight excluding hydrogens is 348 g/mol. The lowest BCUT2D eigenvalue weighted by molar-refractivity contribution is -0.124. The van der Waals surface area contributed by atoms with E-state index in [2.05, 4.69) is 24.0 Å². The molecule has 0 aromatic heterocycles. The molecule has 0 aliphatic carbocycles. The Balaban J connectivity index is 1.85. The van der Waals surface area contributed by atoms with Gasteiger partial charge in [-0.05, 0) is 31.2 Å². The summed E-state index contributed by atoms with van der Waals surface area (Å²) in [5.74, 6) is -0.201. The van der Waals surface area contributed by atoms with Crippen molar-refractivity contribution in [3.05, 3.63) is 46.4 Å². The zero-order valence-electron chi connectivity index (χ0n) is 12.4. The molecule has 118 valence electrons. The Hall–Kier alpha value is -1.57. The molecular formula is C16H14N2O2S3. The molecule has 1 saturated heterocycles. The molecule has 2 aliphatic heterocycles. The van der Waals surface area contributed by atoms with Crippen molar-refractivity contribution in [1.29, 1.82) is 0 Å². The summed E-state index contributed by atoms with van der Waals surface area (Å²) in [6, 6.07) is 8.23. The van der Waals surface area contributed by atoms with Crippen LogP contribution in [0.15, 0.2) is 51.2 Å². The molecule has 4 nitrogen and oxygen atoms in total. The number of hydrogen-bond donors (Lipinski definition) is 0. The number of anilines is 1. The molecule has 0 bridgehead atoms. The molecule has 2 heterocycles. The fourth-order valence-electron chi connectivity index (χ4n) is 2.40. The topological polar surface area (TPSA) is 40.6 Å². The first-order valence-electron chi connectivity index (χ1n) is 7.09. The van der Waals surface area contributed by atoms with E-state index >= 15 is 0 Å². The largest absolute Gasteiger partial charge is 0.335 e. The number of thioether (sulfide) groups is 2. The maximum Gasteiger partial charge on any atom is 0.266 e. The molecule has 1 amide bonds. The number of carbonyl (C=O) groups is 2. The van der Waals surface area contributed by atoms with Gasteiger partial charge < -0.3 is 9.69 Å². The van der Waals surface area contributed by atoms with Crippen molar-refractivity contribution in [2.75, 3.05) is 18.0 Å². The summed E-state index contributed by atoms with van der Waals surface area (Å²) in [7, 11) is 0. The van der Waals surface area contributed by atoms with E-state index in [1.807, 2.05) is 18.2 Å². The summed E-state index contributed by atoms with van der Waals surface area (Å²) in [5.41, 5.74) is 1.19. The quantitative estimate of drug-likeness (QED) is 0.464. The predicted molar refractivity (Wildman–Crippen MR) is 99.5 cm³/mol. The zero-order chi connectivity index (χ0) is 16.4. The van der Waals surface area contributed by atoms with Gasteiger partial charge in [0, 0.05) is 11.4 Å². The highest BCUT2D eigenvalue weighted by molar-refractivity contribution is 8.26. The van der Waals surface area contributed by atoms with E-state index in [1.165, 1.54) is 27.2 Å². The van der Waals surface area contributed by atoms with Crippen LogP contribution in [-0.2, 0) is 9.59 Å². The van der Waals surface area contributed by atoms with Crippen LogP contribution in [-0.4, -0.2) is 34.5 Å². The van der Waals surface area contributed by atoms with E-state index in [1.54, 1.807) is 17.8 Å². The van der Waals surface area contributed by atoms with Gasteiger partial charge in [-0.1, -0.05) is 47.9 Å². The lowest BCUT2D eigenvalue weighted by Crippen LogP contribution is -2.29. The van der Waals surface area contributed by atoms with Crippen molar-refractivity contribution in [3.8, 4) is 0 Å². The summed E-state index contributed by atoms with van der Waals surface area (Å²) in [6.45, 7) is 2.97. The first kappa shape index (κ1) is 16.3. The molecule has 23 heavy (non-hydrogen) atoms. The number of amides is 1. The number of thiocarbonyl (C=S) groups is 1. The molecule has 0 radical (unpaired) electrons. The Morgan fingerprint density at radius 1 is 1.17 bits per heavy atom. The van der Waals surface area contributed by atoms with Gasteiger partial charge in [0.25, 0.3) is 5.91 Å². The number of nitrogens with zero attached hydrogens (tertiary/aromatic N) is 2. The Kier molecular flexibility index (Phi) is 4.89. The number of fused-ring (bicyclic) bond motifs is 1. The highest BCUT2D eigenvalue weighted by atomic mass is 32.2. The number of allylic oxidation sites excluding steroid dienone is 2. The van der Waals surface area contributed by atoms with Crippen LogP contribution in [0.25, 0.3) is 0 Å². The van der Waals surface area contributed by atoms with Gasteiger partial charge in [0.15, 0.2) is 0 Å². The molecule has 3 rings (SSSR count). The van der Waals surface area contributed by atoms with Gasteiger partial charge >= 0.3 is 0 Å². The maximum atomic E-state index is 12.2. The molecule has 7 heteroatoms. The van der Waals surface area contributed by atoms with Gasteiger partial charge in [0.1, 0.15) is 10.6 Å². The van der Waals surface area contributed by atoms with Crippen LogP contribution in [0.1, 0.15) is 6.92 Å². The molecule has 1 fully saturated rings. The smallest absolute Gasteiger partial charge is 0.266 e. The molecule has 0 atom stereocenters. The number of para-hydroxylation sites is 1. The predicted octanol–water partition coefficient (Wildman–Crippen LogP) is 3.40. The van der Waals surface area contributed by atoms with Gasteiger partial charge in [-0.3, -0.25) is 9.69 Å². The molecule has 1 aromatic rings. The number of carbonyl (C=O) groups excluding carboxylic acids is 2.